The Balaban J connectivity index is 1.55. The maximum atomic E-state index is 12.8. The monoisotopic (exact) mass is 466 g/mol. The summed E-state index contributed by atoms with van der Waals surface area (Å²) in [7, 11) is 1.46. The molecule has 0 spiro atoms. The summed E-state index contributed by atoms with van der Waals surface area (Å²) >= 11 is 0.645. The summed E-state index contributed by atoms with van der Waals surface area (Å²) in [4.78, 5) is 15.9. The SMILES string of the molecule is COc1cc2nn(C3CCC(C(C)C)CC3)cc2cc1NC(=O)c1nc(C(F)(F)F)cs1. The Kier molecular flexibility index (Phi) is 6.15. The molecule has 1 aliphatic rings. The minimum absolute atomic E-state index is 0.267. The van der Waals surface area contributed by atoms with E-state index in [1.54, 1.807) is 12.1 Å². The first-order valence-electron chi connectivity index (χ1n) is 10.6. The zero-order chi connectivity index (χ0) is 23.0. The molecule has 1 N–H and O–H groups in total. The lowest BCUT2D eigenvalue weighted by Gasteiger charge is -2.30. The standard InChI is InChI=1S/C22H25F3N4O2S/c1-12(2)13-4-6-15(7-5-13)29-10-14-8-17(18(31-3)9-16(14)28-29)26-20(30)21-27-19(11-32-21)22(23,24)25/h8-13,15H,4-7H2,1-3H3,(H,26,30). The number of hydrogen-bond acceptors (Lipinski definition) is 5. The summed E-state index contributed by atoms with van der Waals surface area (Å²) in [6.45, 7) is 4.54. The molecule has 0 unspecified atom stereocenters. The molecule has 0 saturated heterocycles. The molecule has 1 saturated carbocycles. The van der Waals surface area contributed by atoms with Crippen molar-refractivity contribution >= 4 is 33.8 Å². The van der Waals surface area contributed by atoms with Crippen molar-refractivity contribution in [2.45, 2.75) is 51.7 Å². The van der Waals surface area contributed by atoms with Crippen LogP contribution in [-0.2, 0) is 6.18 Å². The quantitative estimate of drug-likeness (QED) is 0.489. The maximum Gasteiger partial charge on any atom is 0.434 e. The average Bonchev–Trinajstić information content (AvgIpc) is 3.40. The molecule has 1 amide bonds. The minimum atomic E-state index is -4.59. The molecule has 3 aromatic rings. The van der Waals surface area contributed by atoms with E-state index in [1.807, 2.05) is 10.9 Å². The second kappa shape index (κ2) is 8.73. The van der Waals surface area contributed by atoms with Crippen LogP contribution in [0.1, 0.15) is 61.1 Å². The van der Waals surface area contributed by atoms with Crippen LogP contribution >= 0.6 is 11.3 Å². The van der Waals surface area contributed by atoms with Gasteiger partial charge in [0, 0.05) is 23.0 Å². The average molecular weight is 467 g/mol. The van der Waals surface area contributed by atoms with E-state index in [0.717, 1.165) is 35.0 Å². The van der Waals surface area contributed by atoms with Crippen LogP contribution in [0.2, 0.25) is 0 Å². The third-order valence-electron chi connectivity index (χ3n) is 6.14. The summed E-state index contributed by atoms with van der Waals surface area (Å²) < 4.78 is 45.7. The van der Waals surface area contributed by atoms with Gasteiger partial charge in [-0.25, -0.2) is 4.98 Å². The van der Waals surface area contributed by atoms with E-state index in [0.29, 0.717) is 34.7 Å². The Morgan fingerprint density at radius 3 is 2.56 bits per heavy atom. The van der Waals surface area contributed by atoms with Gasteiger partial charge in [-0.1, -0.05) is 13.8 Å². The number of ether oxygens (including phenoxy) is 1. The number of carbonyl (C=O) groups excluding carboxylic acids is 1. The van der Waals surface area contributed by atoms with E-state index in [-0.39, 0.29) is 5.01 Å². The number of carbonyl (C=O) groups is 1. The van der Waals surface area contributed by atoms with Crippen LogP contribution in [0, 0.1) is 11.8 Å². The van der Waals surface area contributed by atoms with Gasteiger partial charge in [0.25, 0.3) is 5.91 Å². The number of nitrogens with one attached hydrogen (secondary N) is 1. The maximum absolute atomic E-state index is 12.8. The first kappa shape index (κ1) is 22.6. The number of nitrogens with zero attached hydrogens (tertiary/aromatic N) is 3. The van der Waals surface area contributed by atoms with Crippen LogP contribution in [0.15, 0.2) is 23.7 Å². The second-order valence-electron chi connectivity index (χ2n) is 8.52. The van der Waals surface area contributed by atoms with Gasteiger partial charge in [-0.2, -0.15) is 18.3 Å². The largest absolute Gasteiger partial charge is 0.494 e. The number of anilines is 1. The molecular weight excluding hydrogens is 441 g/mol. The molecule has 4 rings (SSSR count). The number of benzene rings is 1. The van der Waals surface area contributed by atoms with Gasteiger partial charge in [-0.15, -0.1) is 11.3 Å². The number of halogens is 3. The zero-order valence-corrected chi connectivity index (χ0v) is 18.9. The van der Waals surface area contributed by atoms with Crippen LogP contribution in [0.5, 0.6) is 5.75 Å². The van der Waals surface area contributed by atoms with Crippen molar-refractivity contribution in [2.24, 2.45) is 11.8 Å². The third-order valence-corrected chi connectivity index (χ3v) is 6.98. The highest BCUT2D eigenvalue weighted by Gasteiger charge is 2.34. The molecule has 1 aromatic carbocycles. The van der Waals surface area contributed by atoms with Crippen molar-refractivity contribution in [3.8, 4) is 5.75 Å². The highest BCUT2D eigenvalue weighted by Crippen LogP contribution is 2.37. The smallest absolute Gasteiger partial charge is 0.434 e. The van der Waals surface area contributed by atoms with Gasteiger partial charge < -0.3 is 10.1 Å². The van der Waals surface area contributed by atoms with Crippen LogP contribution in [0.4, 0.5) is 18.9 Å². The van der Waals surface area contributed by atoms with E-state index >= 15 is 0 Å². The molecule has 1 aliphatic carbocycles. The molecule has 0 atom stereocenters. The van der Waals surface area contributed by atoms with E-state index in [1.165, 1.54) is 20.0 Å². The number of amides is 1. The summed E-state index contributed by atoms with van der Waals surface area (Å²) in [5, 5.41) is 8.72. The fourth-order valence-electron chi connectivity index (χ4n) is 4.24. The number of fused-ring (bicyclic) bond motifs is 1. The molecular formula is C22H25F3N4O2S. The zero-order valence-electron chi connectivity index (χ0n) is 18.1. The molecule has 1 fully saturated rings. The number of alkyl halides is 3. The lowest BCUT2D eigenvalue weighted by molar-refractivity contribution is -0.140. The molecule has 2 heterocycles. The van der Waals surface area contributed by atoms with Gasteiger partial charge in [0.1, 0.15) is 5.75 Å². The topological polar surface area (TPSA) is 69.0 Å². The van der Waals surface area contributed by atoms with Gasteiger partial charge in [0.05, 0.1) is 24.4 Å². The van der Waals surface area contributed by atoms with Crippen molar-refractivity contribution in [1.82, 2.24) is 14.8 Å². The van der Waals surface area contributed by atoms with Crippen molar-refractivity contribution in [1.29, 1.82) is 0 Å². The Labute approximate surface area is 187 Å². The third kappa shape index (κ3) is 4.60. The van der Waals surface area contributed by atoms with Crippen LogP contribution in [0.3, 0.4) is 0 Å². The summed E-state index contributed by atoms with van der Waals surface area (Å²) in [6, 6.07) is 3.79. The number of aromatic nitrogens is 3. The molecule has 32 heavy (non-hydrogen) atoms. The molecule has 6 nitrogen and oxygen atoms in total. The predicted octanol–water partition coefficient (Wildman–Crippen LogP) is 6.16. The molecule has 172 valence electrons. The molecule has 10 heteroatoms. The minimum Gasteiger partial charge on any atom is -0.494 e. The fraction of sp³-hybridized carbons (Fsp3) is 0.500. The molecule has 0 radical (unpaired) electrons. The van der Waals surface area contributed by atoms with Crippen LogP contribution in [0.25, 0.3) is 10.9 Å². The van der Waals surface area contributed by atoms with Crippen LogP contribution < -0.4 is 10.1 Å². The molecule has 0 aliphatic heterocycles. The molecule has 0 bridgehead atoms. The summed E-state index contributed by atoms with van der Waals surface area (Å²) in [6.07, 6.45) is 1.87. The second-order valence-corrected chi connectivity index (χ2v) is 9.38. The van der Waals surface area contributed by atoms with Crippen LogP contribution in [-0.4, -0.2) is 27.8 Å². The normalized spacial score (nSPS) is 19.5. The van der Waals surface area contributed by atoms with E-state index in [4.69, 9.17) is 9.84 Å². The van der Waals surface area contributed by atoms with Gasteiger partial charge in [0.15, 0.2) is 10.7 Å². The van der Waals surface area contributed by atoms with E-state index in [9.17, 15) is 18.0 Å². The van der Waals surface area contributed by atoms with Crippen molar-refractivity contribution in [3.63, 3.8) is 0 Å². The van der Waals surface area contributed by atoms with Crippen molar-refractivity contribution < 1.29 is 22.7 Å². The first-order valence-corrected chi connectivity index (χ1v) is 11.4. The summed E-state index contributed by atoms with van der Waals surface area (Å²) in [5.74, 6) is 1.10. The predicted molar refractivity (Wildman–Crippen MR) is 117 cm³/mol. The van der Waals surface area contributed by atoms with Crippen molar-refractivity contribution in [3.05, 3.63) is 34.4 Å². The Hall–Kier alpha value is -2.62. The Bertz CT molecular complexity index is 1110. The van der Waals surface area contributed by atoms with E-state index < -0.39 is 17.8 Å². The Morgan fingerprint density at radius 1 is 1.25 bits per heavy atom. The van der Waals surface area contributed by atoms with Gasteiger partial charge in [-0.05, 0) is 43.6 Å². The molecule has 2 aromatic heterocycles. The lowest BCUT2D eigenvalue weighted by atomic mass is 9.80. The number of thiazole rings is 1. The Morgan fingerprint density at radius 2 is 1.97 bits per heavy atom. The van der Waals surface area contributed by atoms with E-state index in [2.05, 4.69) is 24.1 Å². The fourth-order valence-corrected chi connectivity index (χ4v) is 4.96. The number of hydrogen-bond donors (Lipinski definition) is 1. The summed E-state index contributed by atoms with van der Waals surface area (Å²) in [5.41, 5.74) is 0.0137. The highest BCUT2D eigenvalue weighted by molar-refractivity contribution is 7.11. The van der Waals surface area contributed by atoms with Gasteiger partial charge >= 0.3 is 6.18 Å². The number of rotatable bonds is 5. The van der Waals surface area contributed by atoms with Gasteiger partial charge in [-0.3, -0.25) is 9.48 Å². The lowest BCUT2D eigenvalue weighted by Crippen LogP contribution is -2.21. The van der Waals surface area contributed by atoms with Crippen molar-refractivity contribution in [2.75, 3.05) is 12.4 Å². The first-order chi connectivity index (χ1) is 15.2. The van der Waals surface area contributed by atoms with Gasteiger partial charge in [0.2, 0.25) is 0 Å². The number of methoxy groups -OCH3 is 1. The highest BCUT2D eigenvalue weighted by atomic mass is 32.1.